The highest BCUT2D eigenvalue weighted by Gasteiger charge is 2.41. The molecule has 0 aliphatic heterocycles. The predicted molar refractivity (Wildman–Crippen MR) is 90.5 cm³/mol. The molecule has 1 aromatic rings. The number of nitrogens with zero attached hydrogens (tertiary/aromatic N) is 1. The molecule has 0 bridgehead atoms. The van der Waals surface area contributed by atoms with Gasteiger partial charge in [0.1, 0.15) is 6.04 Å². The highest BCUT2D eigenvalue weighted by molar-refractivity contribution is 5.83. The van der Waals surface area contributed by atoms with E-state index in [2.05, 4.69) is 0 Å². The fraction of sp³-hybridized carbons (Fsp3) is 0.579. The number of carboxylic acid groups (broad SMARTS) is 1. The smallest absolute Gasteiger partial charge is 0.391 e. The van der Waals surface area contributed by atoms with Crippen molar-refractivity contribution in [2.75, 3.05) is 7.05 Å². The average Bonchev–Trinajstić information content (AvgIpc) is 2.59. The number of rotatable bonds is 6. The van der Waals surface area contributed by atoms with E-state index in [1.165, 1.54) is 11.9 Å². The maximum atomic E-state index is 12.7. The van der Waals surface area contributed by atoms with Gasteiger partial charge in [-0.1, -0.05) is 30.3 Å². The quantitative estimate of drug-likeness (QED) is 0.825. The molecule has 1 aliphatic carbocycles. The molecule has 0 spiro atoms. The van der Waals surface area contributed by atoms with Crippen LogP contribution in [-0.4, -0.2) is 41.1 Å². The van der Waals surface area contributed by atoms with Crippen LogP contribution in [0.4, 0.5) is 13.2 Å². The first-order chi connectivity index (χ1) is 12.2. The Morgan fingerprint density at radius 3 is 2.23 bits per heavy atom. The molecule has 1 saturated carbocycles. The van der Waals surface area contributed by atoms with E-state index in [4.69, 9.17) is 0 Å². The van der Waals surface area contributed by atoms with E-state index in [0.717, 1.165) is 5.56 Å². The monoisotopic (exact) mass is 371 g/mol. The number of carboxylic acids is 1. The van der Waals surface area contributed by atoms with E-state index in [0.29, 0.717) is 12.8 Å². The van der Waals surface area contributed by atoms with Crippen molar-refractivity contribution in [2.45, 2.75) is 50.7 Å². The predicted octanol–water partition coefficient (Wildman–Crippen LogP) is 3.90. The van der Waals surface area contributed by atoms with Gasteiger partial charge in [0.25, 0.3) is 0 Å². The van der Waals surface area contributed by atoms with E-state index < -0.39 is 24.1 Å². The second-order valence-corrected chi connectivity index (χ2v) is 7.01. The molecule has 0 heterocycles. The van der Waals surface area contributed by atoms with Gasteiger partial charge in [0, 0.05) is 19.9 Å². The van der Waals surface area contributed by atoms with Crippen LogP contribution in [0.3, 0.4) is 0 Å². The van der Waals surface area contributed by atoms with Gasteiger partial charge in [0.05, 0.1) is 5.92 Å². The van der Waals surface area contributed by atoms with E-state index >= 15 is 0 Å². The zero-order valence-electron chi connectivity index (χ0n) is 14.7. The van der Waals surface area contributed by atoms with Crippen molar-refractivity contribution >= 4 is 11.9 Å². The van der Waals surface area contributed by atoms with Crippen LogP contribution in [0, 0.1) is 11.8 Å². The van der Waals surface area contributed by atoms with Crippen molar-refractivity contribution in [2.24, 2.45) is 11.8 Å². The van der Waals surface area contributed by atoms with Crippen molar-refractivity contribution in [3.05, 3.63) is 35.9 Å². The summed E-state index contributed by atoms with van der Waals surface area (Å²) in [5.41, 5.74) is 0.810. The second-order valence-electron chi connectivity index (χ2n) is 7.01. The summed E-state index contributed by atoms with van der Waals surface area (Å²) in [5, 5.41) is 9.47. The number of likely N-dealkylation sites (N-methyl/N-ethyl adjacent to an activating group) is 1. The summed E-state index contributed by atoms with van der Waals surface area (Å²) in [4.78, 5) is 25.3. The fourth-order valence-electron chi connectivity index (χ4n) is 3.49. The third-order valence-corrected chi connectivity index (χ3v) is 5.19. The SMILES string of the molecule is CN(C(=O)CC1CCC(C(F)(F)F)CC1)C(Cc1ccccc1)C(=O)O. The lowest BCUT2D eigenvalue weighted by Crippen LogP contribution is -2.44. The van der Waals surface area contributed by atoms with E-state index in [1.807, 2.05) is 6.07 Å². The minimum Gasteiger partial charge on any atom is -0.480 e. The van der Waals surface area contributed by atoms with Crippen LogP contribution < -0.4 is 0 Å². The Balaban J connectivity index is 1.92. The number of carbonyl (C=O) groups is 2. The van der Waals surface area contributed by atoms with Gasteiger partial charge in [-0.3, -0.25) is 4.79 Å². The Morgan fingerprint density at radius 1 is 1.15 bits per heavy atom. The number of hydrogen-bond acceptors (Lipinski definition) is 2. The number of halogens is 3. The van der Waals surface area contributed by atoms with Gasteiger partial charge in [0.2, 0.25) is 5.91 Å². The van der Waals surface area contributed by atoms with Crippen molar-refractivity contribution in [3.63, 3.8) is 0 Å². The first kappa shape index (κ1) is 20.3. The standard InChI is InChI=1S/C19H24F3NO3/c1-23(16(18(25)26)11-13-5-3-2-4-6-13)17(24)12-14-7-9-15(10-8-14)19(20,21)22/h2-6,14-16H,7-12H2,1H3,(H,25,26). The van der Waals surface area contributed by atoms with Crippen molar-refractivity contribution in [1.29, 1.82) is 0 Å². The molecule has 1 aromatic carbocycles. The molecular weight excluding hydrogens is 347 g/mol. The lowest BCUT2D eigenvalue weighted by molar-refractivity contribution is -0.184. The third-order valence-electron chi connectivity index (χ3n) is 5.19. The van der Waals surface area contributed by atoms with Gasteiger partial charge in [-0.05, 0) is 37.2 Å². The van der Waals surface area contributed by atoms with Crippen LogP contribution in [0.25, 0.3) is 0 Å². The lowest BCUT2D eigenvalue weighted by Gasteiger charge is -2.31. The Hall–Kier alpha value is -2.05. The van der Waals surface area contributed by atoms with Gasteiger partial charge in [0.15, 0.2) is 0 Å². The number of aliphatic carboxylic acids is 1. The molecule has 0 radical (unpaired) electrons. The molecular formula is C19H24F3NO3. The molecule has 7 heteroatoms. The Kier molecular flexibility index (Phi) is 6.67. The molecule has 26 heavy (non-hydrogen) atoms. The van der Waals surface area contributed by atoms with E-state index in [-0.39, 0.29) is 37.5 Å². The molecule has 2 rings (SSSR count). The van der Waals surface area contributed by atoms with Gasteiger partial charge in [-0.2, -0.15) is 13.2 Å². The molecule has 144 valence electrons. The largest absolute Gasteiger partial charge is 0.480 e. The summed E-state index contributed by atoms with van der Waals surface area (Å²) in [6, 6.07) is 8.03. The minimum atomic E-state index is -4.17. The molecule has 1 aliphatic rings. The third kappa shape index (κ3) is 5.47. The summed E-state index contributed by atoms with van der Waals surface area (Å²) in [5.74, 6) is -2.82. The molecule has 1 atom stereocenters. The zero-order valence-corrected chi connectivity index (χ0v) is 14.7. The van der Waals surface area contributed by atoms with Crippen LogP contribution >= 0.6 is 0 Å². The van der Waals surface area contributed by atoms with Crippen LogP contribution in [0.2, 0.25) is 0 Å². The molecule has 1 amide bonds. The summed E-state index contributed by atoms with van der Waals surface area (Å²) < 4.78 is 38.2. The fourth-order valence-corrected chi connectivity index (χ4v) is 3.49. The first-order valence-electron chi connectivity index (χ1n) is 8.77. The Bertz CT molecular complexity index is 610. The van der Waals surface area contributed by atoms with Gasteiger partial charge in [-0.15, -0.1) is 0 Å². The van der Waals surface area contributed by atoms with Crippen LogP contribution in [0.5, 0.6) is 0 Å². The number of benzene rings is 1. The number of alkyl halides is 3. The van der Waals surface area contributed by atoms with Crippen molar-refractivity contribution < 1.29 is 27.9 Å². The molecule has 1 N–H and O–H groups in total. The second kappa shape index (κ2) is 8.56. The summed E-state index contributed by atoms with van der Waals surface area (Å²) in [7, 11) is 1.45. The topological polar surface area (TPSA) is 57.6 Å². The molecule has 0 aromatic heterocycles. The van der Waals surface area contributed by atoms with Gasteiger partial charge < -0.3 is 10.0 Å². The minimum absolute atomic E-state index is 0.0392. The Labute approximate surface area is 151 Å². The first-order valence-corrected chi connectivity index (χ1v) is 8.77. The maximum Gasteiger partial charge on any atom is 0.391 e. The highest BCUT2D eigenvalue weighted by atomic mass is 19.4. The summed E-state index contributed by atoms with van der Waals surface area (Å²) in [6.45, 7) is 0. The lowest BCUT2D eigenvalue weighted by atomic mass is 9.80. The molecule has 1 fully saturated rings. The average molecular weight is 371 g/mol. The maximum absolute atomic E-state index is 12.7. The van der Waals surface area contributed by atoms with Crippen LogP contribution in [0.15, 0.2) is 30.3 Å². The van der Waals surface area contributed by atoms with E-state index in [9.17, 15) is 27.9 Å². The molecule has 1 unspecified atom stereocenters. The normalized spacial score (nSPS) is 21.8. The summed E-state index contributed by atoms with van der Waals surface area (Å²) >= 11 is 0. The zero-order chi connectivity index (χ0) is 19.3. The van der Waals surface area contributed by atoms with Gasteiger partial charge >= 0.3 is 12.1 Å². The highest BCUT2D eigenvalue weighted by Crippen LogP contribution is 2.40. The Morgan fingerprint density at radius 2 is 1.73 bits per heavy atom. The van der Waals surface area contributed by atoms with Crippen molar-refractivity contribution in [1.82, 2.24) is 4.90 Å². The van der Waals surface area contributed by atoms with Crippen molar-refractivity contribution in [3.8, 4) is 0 Å². The van der Waals surface area contributed by atoms with Gasteiger partial charge in [-0.25, -0.2) is 4.79 Å². The van der Waals surface area contributed by atoms with E-state index in [1.54, 1.807) is 24.3 Å². The van der Waals surface area contributed by atoms with Crippen LogP contribution in [0.1, 0.15) is 37.7 Å². The molecule has 0 saturated heterocycles. The number of carbonyl (C=O) groups excluding carboxylic acids is 1. The number of hydrogen-bond donors (Lipinski definition) is 1. The molecule has 4 nitrogen and oxygen atoms in total. The summed E-state index contributed by atoms with van der Waals surface area (Å²) in [6.07, 6.45) is -3.11. The van der Waals surface area contributed by atoms with Crippen LogP contribution in [-0.2, 0) is 16.0 Å². The number of amides is 1.